The van der Waals surface area contributed by atoms with Gasteiger partial charge in [-0.2, -0.15) is 0 Å². The zero-order valence-corrected chi connectivity index (χ0v) is 76.5. The van der Waals surface area contributed by atoms with Crippen molar-refractivity contribution < 1.29 is 77.0 Å². The van der Waals surface area contributed by atoms with Gasteiger partial charge in [0.1, 0.15) is 78.3 Å². The number of rotatable bonds is 70. The van der Waals surface area contributed by atoms with Crippen molar-refractivity contribution in [2.75, 3.05) is 78.5 Å². The van der Waals surface area contributed by atoms with Gasteiger partial charge in [0, 0.05) is 58.8 Å². The molecular formula is C80H147N39O16. The van der Waals surface area contributed by atoms with E-state index < -0.39 is 204 Å². The lowest BCUT2D eigenvalue weighted by Crippen LogP contribution is -2.60. The Kier molecular flexibility index (Phi) is 57.4. The molecule has 758 valence electrons. The lowest BCUT2D eigenvalue weighted by molar-refractivity contribution is -0.139. The van der Waals surface area contributed by atoms with Crippen LogP contribution in [-0.2, 0) is 78.3 Å². The van der Waals surface area contributed by atoms with Crippen molar-refractivity contribution in [3.63, 3.8) is 0 Å². The van der Waals surface area contributed by atoms with Crippen LogP contribution >= 0.6 is 0 Å². The number of hydrogen-bond acceptors (Lipinski definition) is 26. The van der Waals surface area contributed by atoms with E-state index in [4.69, 9.17) is 107 Å². The van der Waals surface area contributed by atoms with Gasteiger partial charge < -0.3 is 180 Å². The number of carbonyl (C=O) groups excluding carboxylic acids is 15. The third kappa shape index (κ3) is 51.5. The highest BCUT2D eigenvalue weighted by Gasteiger charge is 2.40. The van der Waals surface area contributed by atoms with Gasteiger partial charge in [-0.15, -0.1) is 0 Å². The average molecular weight is 1910 g/mol. The number of carbonyl (C=O) groups is 15. The Hall–Kier alpha value is -14.2. The molecule has 15 amide bonds. The predicted octanol–water partition coefficient (Wildman–Crippen LogP) is -11.6. The minimum absolute atomic E-state index is 0.000798. The number of phenolic OH excluding ortho intramolecular Hbond substituents is 1. The molecule has 0 saturated carbocycles. The highest BCUT2D eigenvalue weighted by Crippen LogP contribution is 2.22. The molecule has 0 aliphatic carbocycles. The van der Waals surface area contributed by atoms with Gasteiger partial charge in [-0.25, -0.2) is 0 Å². The van der Waals surface area contributed by atoms with Crippen LogP contribution in [0, 0.1) is 37.9 Å². The molecule has 1 aliphatic heterocycles. The molecule has 2 rings (SSSR count). The number of guanidine groups is 7. The van der Waals surface area contributed by atoms with Crippen LogP contribution in [0.5, 0.6) is 5.75 Å². The summed E-state index contributed by atoms with van der Waals surface area (Å²) in [5, 5.41) is 113. The van der Waals surface area contributed by atoms with Crippen molar-refractivity contribution in [1.29, 1.82) is 37.9 Å². The second-order valence-corrected chi connectivity index (χ2v) is 32.2. The first-order valence-electron chi connectivity index (χ1n) is 45.0. The van der Waals surface area contributed by atoms with Gasteiger partial charge in [0.2, 0.25) is 88.6 Å². The Morgan fingerprint density at radius 1 is 0.319 bits per heavy atom. The molecule has 0 radical (unpaired) electrons. The second-order valence-electron chi connectivity index (χ2n) is 32.2. The summed E-state index contributed by atoms with van der Waals surface area (Å²) < 4.78 is 0. The molecule has 1 heterocycles. The van der Waals surface area contributed by atoms with Crippen molar-refractivity contribution in [2.24, 2.45) is 68.8 Å². The molecule has 0 bridgehead atoms. The molecule has 51 N–H and O–H groups in total. The largest absolute Gasteiger partial charge is 0.508 e. The molecule has 1 fully saturated rings. The highest BCUT2D eigenvalue weighted by atomic mass is 16.3. The molecule has 1 aromatic carbocycles. The van der Waals surface area contributed by atoms with Crippen LogP contribution in [0.1, 0.15) is 179 Å². The SMILES string of the molecule is N=C(N)NCCC[C@H](NC(=O)[C@H](CCCNC(=N)N)NC(=O)[C@H](CCCNC(=N)N)NC(=O)[C@H](CCC(N)=O)NC(=O)[C@H](CCCNC(=N)N)NC(=O)[C@H](CCCNC(=N)N)NC(=O)[C@H](CCCCN)NC(=O)[C@H](CCCCN)NC(=O)[C@H](CCCNC(=N)N)NC(=O)CNC(=O)[C@H](CCCNC(=N)N)NC(=O)[C@H](CCCCN)NC(=O)[C@@H]1CCCN1C(=O)Cc1ccc(O)cc1)C(N)=O. The number of aromatic hydroxyl groups is 1. The third-order valence-corrected chi connectivity index (χ3v) is 21.0. The first-order chi connectivity index (χ1) is 64.1. The number of nitrogens with two attached hydrogens (primary N) is 12. The maximum absolute atomic E-state index is 15.0. The van der Waals surface area contributed by atoms with Gasteiger partial charge in [0.05, 0.1) is 13.0 Å². The Bertz CT molecular complexity index is 4070. The van der Waals surface area contributed by atoms with Crippen molar-refractivity contribution in [3.05, 3.63) is 29.8 Å². The highest BCUT2D eigenvalue weighted by molar-refractivity contribution is 6.00. The van der Waals surface area contributed by atoms with Crippen LogP contribution in [0.3, 0.4) is 0 Å². The van der Waals surface area contributed by atoms with Gasteiger partial charge >= 0.3 is 0 Å². The monoisotopic (exact) mass is 1910 g/mol. The number of amides is 15. The standard InChI is InChI=1S/C80H147N39O16/c81-32-4-1-15-50(111-64(126)49(20-9-37-102-76(90)91)108-60(122)44-107-63(125)48(19-8-36-101-75(88)89)110-68(130)52(17-3-6-34-83)118-73(135)58-25-14-42-119(58)61(123)43-45-26-28-46(120)29-27-45)66(128)112-51(16-2-5-33-82)67(129)114-54(22-11-39-104-78(94)95)69(131)115-56(24-13-41-106-80(98)99)71(133)117-57(30-31-59(84)121)72(134)116-55(23-12-40-105-79(96)97)70(132)113-53(21-10-38-103-77(92)93)65(127)109-47(62(85)124)18-7-35-100-74(86)87/h26-29,47-58,120H,1-25,30-44,81-83H2,(H2,84,121)(H2,85,124)(H,107,125)(H,108,122)(H,109,127)(H,110,130)(H,111,126)(H,112,128)(H,113,132)(H,114,129)(H,115,131)(H,116,134)(H,117,133)(H,118,135)(H4,86,87,100)(H4,88,89,101)(H4,90,91,102)(H4,92,93,103)(H4,94,95,104)(H4,96,97,105)(H4,98,99,106)/t47-,48-,49-,50-,51-,52-,53-,54-,55-,56-,57-,58-/m0/s1. The Morgan fingerprint density at radius 3 is 0.844 bits per heavy atom. The molecular weight excluding hydrogens is 1760 g/mol. The molecule has 0 aromatic heterocycles. The lowest BCUT2D eigenvalue weighted by atomic mass is 10.0. The fourth-order valence-corrected chi connectivity index (χ4v) is 13.9. The molecule has 12 atom stereocenters. The van der Waals surface area contributed by atoms with Gasteiger partial charge in [0.15, 0.2) is 41.7 Å². The maximum atomic E-state index is 15.0. The van der Waals surface area contributed by atoms with Crippen LogP contribution in [0.15, 0.2) is 24.3 Å². The number of primary amides is 2. The maximum Gasteiger partial charge on any atom is 0.243 e. The van der Waals surface area contributed by atoms with Crippen molar-refractivity contribution in [2.45, 2.75) is 252 Å². The van der Waals surface area contributed by atoms with E-state index in [1.807, 2.05) is 0 Å². The van der Waals surface area contributed by atoms with Gasteiger partial charge in [-0.1, -0.05) is 12.1 Å². The predicted molar refractivity (Wildman–Crippen MR) is 501 cm³/mol. The Balaban J connectivity index is 2.67. The van der Waals surface area contributed by atoms with Crippen LogP contribution < -0.4 is 170 Å². The summed E-state index contributed by atoms with van der Waals surface area (Å²) in [6, 6.07) is -11.6. The van der Waals surface area contributed by atoms with E-state index in [1.165, 1.54) is 17.0 Å². The minimum atomic E-state index is -1.77. The van der Waals surface area contributed by atoms with E-state index >= 15 is 4.79 Å². The molecule has 0 unspecified atom stereocenters. The third-order valence-electron chi connectivity index (χ3n) is 21.0. The van der Waals surface area contributed by atoms with E-state index in [0.29, 0.717) is 37.7 Å². The molecule has 135 heavy (non-hydrogen) atoms. The molecule has 55 heteroatoms. The summed E-state index contributed by atoms with van der Waals surface area (Å²) in [6.45, 7) is -0.0695. The summed E-state index contributed by atoms with van der Waals surface area (Å²) >= 11 is 0. The van der Waals surface area contributed by atoms with Gasteiger partial charge in [0.25, 0.3) is 0 Å². The van der Waals surface area contributed by atoms with Crippen LogP contribution in [-0.4, -0.2) is 291 Å². The number of hydrogen-bond donors (Lipinski definition) is 39. The molecule has 0 spiro atoms. The van der Waals surface area contributed by atoms with Gasteiger partial charge in [-0.05, 0) is 204 Å². The molecule has 1 saturated heterocycles. The van der Waals surface area contributed by atoms with Gasteiger partial charge in [-0.3, -0.25) is 110 Å². The summed E-state index contributed by atoms with van der Waals surface area (Å²) in [4.78, 5) is 215. The number of benzene rings is 1. The molecule has 1 aromatic rings. The average Bonchev–Trinajstić information content (AvgIpc) is 1.80. The quantitative estimate of drug-likeness (QED) is 0.0164. The van der Waals surface area contributed by atoms with Crippen molar-refractivity contribution in [3.8, 4) is 5.75 Å². The number of nitrogens with one attached hydrogen (secondary N) is 26. The topological polar surface area (TPSA) is 987 Å². The smallest absolute Gasteiger partial charge is 0.243 e. The van der Waals surface area contributed by atoms with Crippen LogP contribution in [0.2, 0.25) is 0 Å². The van der Waals surface area contributed by atoms with E-state index in [-0.39, 0.29) is 230 Å². The number of nitrogens with zero attached hydrogens (tertiary/aromatic N) is 1. The molecule has 1 aliphatic rings. The summed E-state index contributed by atoms with van der Waals surface area (Å²) in [5.74, 6) is -16.6. The fourth-order valence-electron chi connectivity index (χ4n) is 13.9. The zero-order valence-electron chi connectivity index (χ0n) is 76.5. The summed E-state index contributed by atoms with van der Waals surface area (Å²) in [5.41, 5.74) is 68.1. The number of likely N-dealkylation sites (tertiary alicyclic amines) is 1. The Labute approximate surface area is 783 Å². The second kappa shape index (κ2) is 66.2. The summed E-state index contributed by atoms with van der Waals surface area (Å²) in [6.07, 6.45) is 0.143. The Morgan fingerprint density at radius 2 is 0.570 bits per heavy atom. The van der Waals surface area contributed by atoms with Crippen LogP contribution in [0.25, 0.3) is 0 Å². The zero-order chi connectivity index (χ0) is 101. The summed E-state index contributed by atoms with van der Waals surface area (Å²) in [7, 11) is 0. The fraction of sp³-hybridized carbons (Fsp3) is 0.650. The van der Waals surface area contributed by atoms with Crippen molar-refractivity contribution >= 4 is 130 Å². The van der Waals surface area contributed by atoms with Crippen LogP contribution in [0.4, 0.5) is 0 Å². The van der Waals surface area contributed by atoms with E-state index in [2.05, 4.69) is 101 Å². The normalized spacial score (nSPS) is 14.4. The lowest BCUT2D eigenvalue weighted by Gasteiger charge is -2.28. The van der Waals surface area contributed by atoms with E-state index in [0.717, 1.165) is 0 Å². The first kappa shape index (κ1) is 117. The van der Waals surface area contributed by atoms with E-state index in [9.17, 15) is 72.2 Å². The molecule has 55 nitrogen and oxygen atoms in total. The number of phenols is 1. The van der Waals surface area contributed by atoms with E-state index in [1.54, 1.807) is 12.1 Å². The number of unbranched alkanes of at least 4 members (excludes halogenated alkanes) is 3. The van der Waals surface area contributed by atoms with Crippen molar-refractivity contribution in [1.82, 2.24) is 106 Å². The first-order valence-corrected chi connectivity index (χ1v) is 45.0. The minimum Gasteiger partial charge on any atom is -0.508 e.